The van der Waals surface area contributed by atoms with Crippen LogP contribution in [0.4, 0.5) is 14.9 Å². The van der Waals surface area contributed by atoms with Gasteiger partial charge >= 0.3 is 6.03 Å². The van der Waals surface area contributed by atoms with Gasteiger partial charge in [0.2, 0.25) is 6.79 Å². The number of fused-ring (bicyclic) bond motifs is 2. The molecular formula is C27H22FN3O4. The second-order valence-electron chi connectivity index (χ2n) is 9.20. The number of aromatic nitrogens is 2. The molecular weight excluding hydrogens is 449 g/mol. The van der Waals surface area contributed by atoms with Crippen molar-refractivity contribution >= 4 is 11.7 Å². The number of halogens is 1. The first-order chi connectivity index (χ1) is 16.8. The van der Waals surface area contributed by atoms with Gasteiger partial charge in [-0.15, -0.1) is 0 Å². The summed E-state index contributed by atoms with van der Waals surface area (Å²) in [6.07, 6.45) is 2.40. The normalized spacial score (nSPS) is 14.9. The van der Waals surface area contributed by atoms with Crippen molar-refractivity contribution in [1.82, 2.24) is 9.78 Å². The third-order valence-electron chi connectivity index (χ3n) is 6.04. The van der Waals surface area contributed by atoms with E-state index in [1.165, 1.54) is 16.8 Å². The number of carbonyl (C=O) groups excluding carboxylic acids is 1. The molecule has 0 atom stereocenters. The van der Waals surface area contributed by atoms with Crippen LogP contribution in [0, 0.1) is 5.82 Å². The predicted molar refractivity (Wildman–Crippen MR) is 128 cm³/mol. The number of hydrogen-bond donors (Lipinski definition) is 1. The Morgan fingerprint density at radius 3 is 2.54 bits per heavy atom. The first kappa shape index (κ1) is 21.2. The second kappa shape index (κ2) is 7.87. The fraction of sp³-hybridized carbons (Fsp3) is 0.185. The second-order valence-corrected chi connectivity index (χ2v) is 9.20. The summed E-state index contributed by atoms with van der Waals surface area (Å²) < 4.78 is 31.7. The Balaban J connectivity index is 1.35. The number of rotatable bonds is 3. The highest BCUT2D eigenvalue weighted by Crippen LogP contribution is 2.39. The van der Waals surface area contributed by atoms with Gasteiger partial charge in [0.15, 0.2) is 11.5 Å². The highest BCUT2D eigenvalue weighted by molar-refractivity contribution is 5.93. The van der Waals surface area contributed by atoms with Gasteiger partial charge in [-0.05, 0) is 67.9 Å². The summed E-state index contributed by atoms with van der Waals surface area (Å²) in [5.74, 6) is 1.75. The van der Waals surface area contributed by atoms with Crippen molar-refractivity contribution in [3.8, 4) is 39.6 Å². The summed E-state index contributed by atoms with van der Waals surface area (Å²) in [6.45, 7) is 4.22. The molecule has 0 aliphatic carbocycles. The van der Waals surface area contributed by atoms with Gasteiger partial charge in [-0.25, -0.2) is 9.18 Å². The van der Waals surface area contributed by atoms with E-state index in [1.54, 1.807) is 30.5 Å². The number of nitrogens with zero attached hydrogens (tertiary/aromatic N) is 2. The molecule has 0 bridgehead atoms. The van der Waals surface area contributed by atoms with Crippen molar-refractivity contribution in [1.29, 1.82) is 0 Å². The van der Waals surface area contributed by atoms with Gasteiger partial charge in [-0.2, -0.15) is 9.78 Å². The van der Waals surface area contributed by atoms with Crippen LogP contribution in [0.5, 0.6) is 17.2 Å². The number of benzene rings is 3. The van der Waals surface area contributed by atoms with Gasteiger partial charge < -0.3 is 19.5 Å². The molecule has 7 nitrogen and oxygen atoms in total. The first-order valence-electron chi connectivity index (χ1n) is 11.2. The van der Waals surface area contributed by atoms with E-state index >= 15 is 0 Å². The standard InChI is InChI=1S/C27H22FN3O4/c1-27(2)13-18-11-20(8-10-22(18)35-27)29-26(32)31-14-21(16-3-6-19(28)7-4-16)25(30-31)17-5-9-23-24(12-17)34-15-33-23/h3-12,14H,13,15H2,1-2H3,(H,29,32). The fourth-order valence-electron chi connectivity index (χ4n) is 4.44. The van der Waals surface area contributed by atoms with E-state index in [0.717, 1.165) is 28.9 Å². The highest BCUT2D eigenvalue weighted by atomic mass is 19.1. The zero-order valence-electron chi connectivity index (χ0n) is 19.2. The van der Waals surface area contributed by atoms with Crippen LogP contribution in [0.3, 0.4) is 0 Å². The third kappa shape index (κ3) is 3.97. The lowest BCUT2D eigenvalue weighted by Crippen LogP contribution is -2.24. The Bertz CT molecular complexity index is 1460. The molecule has 0 fully saturated rings. The van der Waals surface area contributed by atoms with Crippen LogP contribution in [-0.2, 0) is 6.42 Å². The van der Waals surface area contributed by atoms with E-state index in [1.807, 2.05) is 38.1 Å². The van der Waals surface area contributed by atoms with Crippen molar-refractivity contribution in [2.75, 3.05) is 12.1 Å². The van der Waals surface area contributed by atoms with Crippen molar-refractivity contribution < 1.29 is 23.4 Å². The quantitative estimate of drug-likeness (QED) is 0.404. The van der Waals surface area contributed by atoms with Crippen molar-refractivity contribution in [2.24, 2.45) is 0 Å². The van der Waals surface area contributed by atoms with Crippen LogP contribution < -0.4 is 19.5 Å². The van der Waals surface area contributed by atoms with Gasteiger partial charge in [0.05, 0.1) is 0 Å². The molecule has 2 aliphatic heterocycles. The minimum atomic E-state index is -0.418. The molecule has 6 rings (SSSR count). The molecule has 0 unspecified atom stereocenters. The number of carbonyl (C=O) groups is 1. The van der Waals surface area contributed by atoms with Crippen LogP contribution in [0.1, 0.15) is 19.4 Å². The van der Waals surface area contributed by atoms with E-state index in [0.29, 0.717) is 28.4 Å². The maximum Gasteiger partial charge on any atom is 0.346 e. The Kier molecular flexibility index (Phi) is 4.77. The molecule has 176 valence electrons. The Morgan fingerprint density at radius 1 is 0.971 bits per heavy atom. The van der Waals surface area contributed by atoms with Crippen LogP contribution in [0.15, 0.2) is 66.9 Å². The van der Waals surface area contributed by atoms with Crippen molar-refractivity contribution in [2.45, 2.75) is 25.9 Å². The van der Waals surface area contributed by atoms with E-state index < -0.39 is 6.03 Å². The van der Waals surface area contributed by atoms with Crippen molar-refractivity contribution in [3.63, 3.8) is 0 Å². The number of amides is 1. The molecule has 0 radical (unpaired) electrons. The van der Waals surface area contributed by atoms with Gasteiger partial charge in [0, 0.05) is 35.0 Å². The summed E-state index contributed by atoms with van der Waals surface area (Å²) in [7, 11) is 0. The third-order valence-corrected chi connectivity index (χ3v) is 6.04. The summed E-state index contributed by atoms with van der Waals surface area (Å²) >= 11 is 0. The van der Waals surface area contributed by atoms with Gasteiger partial charge in [0.25, 0.3) is 0 Å². The fourth-order valence-corrected chi connectivity index (χ4v) is 4.44. The highest BCUT2D eigenvalue weighted by Gasteiger charge is 2.30. The lowest BCUT2D eigenvalue weighted by atomic mass is 10.0. The average Bonchev–Trinajstić information content (AvgIpc) is 3.54. The number of hydrogen-bond acceptors (Lipinski definition) is 5. The minimum Gasteiger partial charge on any atom is -0.487 e. The number of ether oxygens (including phenoxy) is 3. The molecule has 8 heteroatoms. The number of nitrogens with one attached hydrogen (secondary N) is 1. The molecule has 0 saturated heterocycles. The molecule has 0 saturated carbocycles. The summed E-state index contributed by atoms with van der Waals surface area (Å²) in [5.41, 5.74) is 4.15. The molecule has 4 aromatic rings. The molecule has 3 aromatic carbocycles. The monoisotopic (exact) mass is 471 g/mol. The Hall–Kier alpha value is -4.33. The number of anilines is 1. The lowest BCUT2D eigenvalue weighted by Gasteiger charge is -2.16. The average molecular weight is 471 g/mol. The van der Waals surface area contributed by atoms with Crippen LogP contribution in [0.2, 0.25) is 0 Å². The molecule has 2 aliphatic rings. The maximum atomic E-state index is 13.6. The molecule has 1 N–H and O–H groups in total. The maximum absolute atomic E-state index is 13.6. The molecule has 35 heavy (non-hydrogen) atoms. The summed E-state index contributed by atoms with van der Waals surface area (Å²) in [6, 6.07) is 16.7. The SMILES string of the molecule is CC1(C)Cc2cc(NC(=O)n3cc(-c4ccc(F)cc4)c(-c4ccc5c(c4)OCO5)n3)ccc2O1. The van der Waals surface area contributed by atoms with E-state index in [2.05, 4.69) is 10.4 Å². The first-order valence-corrected chi connectivity index (χ1v) is 11.2. The van der Waals surface area contributed by atoms with Gasteiger partial charge in [-0.1, -0.05) is 12.1 Å². The van der Waals surface area contributed by atoms with Gasteiger partial charge in [-0.3, -0.25) is 0 Å². The largest absolute Gasteiger partial charge is 0.487 e. The van der Waals surface area contributed by atoms with Gasteiger partial charge in [0.1, 0.15) is 22.9 Å². The molecule has 0 spiro atoms. The summed E-state index contributed by atoms with van der Waals surface area (Å²) in [5, 5.41) is 7.50. The Morgan fingerprint density at radius 2 is 1.71 bits per heavy atom. The van der Waals surface area contributed by atoms with Crippen LogP contribution >= 0.6 is 0 Å². The summed E-state index contributed by atoms with van der Waals surface area (Å²) in [4.78, 5) is 13.2. The van der Waals surface area contributed by atoms with Crippen LogP contribution in [-0.4, -0.2) is 28.2 Å². The molecule has 1 amide bonds. The zero-order valence-corrected chi connectivity index (χ0v) is 19.2. The topological polar surface area (TPSA) is 74.6 Å². The lowest BCUT2D eigenvalue weighted by molar-refractivity contribution is 0.138. The molecule has 3 heterocycles. The smallest absolute Gasteiger partial charge is 0.346 e. The Labute approximate surface area is 201 Å². The zero-order chi connectivity index (χ0) is 24.2. The van der Waals surface area contributed by atoms with E-state index in [-0.39, 0.29) is 18.2 Å². The van der Waals surface area contributed by atoms with E-state index in [9.17, 15) is 9.18 Å². The van der Waals surface area contributed by atoms with E-state index in [4.69, 9.17) is 14.2 Å². The minimum absolute atomic E-state index is 0.156. The molecule has 1 aromatic heterocycles. The predicted octanol–water partition coefficient (Wildman–Crippen LogP) is 5.88. The van der Waals surface area contributed by atoms with Crippen molar-refractivity contribution in [3.05, 3.63) is 78.2 Å². The van der Waals surface area contributed by atoms with Crippen LogP contribution in [0.25, 0.3) is 22.4 Å².